The molecule has 5 heteroatoms. The molecule has 0 saturated carbocycles. The number of hydrogen-bond acceptors (Lipinski definition) is 4. The van der Waals surface area contributed by atoms with E-state index in [1.807, 2.05) is 24.3 Å². The molecule has 0 bridgehead atoms. The first-order chi connectivity index (χ1) is 10.3. The number of anilines is 1. The Morgan fingerprint density at radius 1 is 1.48 bits per heavy atom. The summed E-state index contributed by atoms with van der Waals surface area (Å²) >= 11 is 0. The molecule has 0 spiro atoms. The summed E-state index contributed by atoms with van der Waals surface area (Å²) in [4.78, 5) is 11.8. The number of carbonyl (C=O) groups is 1. The van der Waals surface area contributed by atoms with Gasteiger partial charge in [0.15, 0.2) is 0 Å². The zero-order valence-corrected chi connectivity index (χ0v) is 12.3. The van der Waals surface area contributed by atoms with Crippen LogP contribution in [0, 0.1) is 5.92 Å². The first-order valence-electron chi connectivity index (χ1n) is 7.52. The SMILES string of the molecule is NCc1cccc(NC(=O)CCCOCC2CCOC2)c1. The van der Waals surface area contributed by atoms with Crippen molar-refractivity contribution in [1.82, 2.24) is 0 Å². The summed E-state index contributed by atoms with van der Waals surface area (Å²) in [6.45, 7) is 3.48. The van der Waals surface area contributed by atoms with Crippen molar-refractivity contribution in [2.75, 3.05) is 31.7 Å². The normalized spacial score (nSPS) is 17.9. The van der Waals surface area contributed by atoms with Gasteiger partial charge in [0.25, 0.3) is 0 Å². The third kappa shape index (κ3) is 5.83. The lowest BCUT2D eigenvalue weighted by Crippen LogP contribution is -2.14. The summed E-state index contributed by atoms with van der Waals surface area (Å²) in [5.41, 5.74) is 7.38. The van der Waals surface area contributed by atoms with Crippen LogP contribution in [0.1, 0.15) is 24.8 Å². The minimum Gasteiger partial charge on any atom is -0.381 e. The van der Waals surface area contributed by atoms with Crippen molar-refractivity contribution in [3.05, 3.63) is 29.8 Å². The second-order valence-corrected chi connectivity index (χ2v) is 5.36. The van der Waals surface area contributed by atoms with Crippen molar-refractivity contribution in [2.24, 2.45) is 11.7 Å². The van der Waals surface area contributed by atoms with Crippen molar-refractivity contribution >= 4 is 11.6 Å². The molecule has 21 heavy (non-hydrogen) atoms. The number of amides is 1. The third-order valence-electron chi connectivity index (χ3n) is 3.52. The monoisotopic (exact) mass is 292 g/mol. The summed E-state index contributed by atoms with van der Waals surface area (Å²) in [5.74, 6) is 0.537. The Morgan fingerprint density at radius 3 is 3.14 bits per heavy atom. The van der Waals surface area contributed by atoms with E-state index in [9.17, 15) is 4.79 Å². The van der Waals surface area contributed by atoms with Gasteiger partial charge in [0.1, 0.15) is 0 Å². The Hall–Kier alpha value is -1.43. The summed E-state index contributed by atoms with van der Waals surface area (Å²) in [6.07, 6.45) is 2.28. The molecule has 1 unspecified atom stereocenters. The highest BCUT2D eigenvalue weighted by molar-refractivity contribution is 5.90. The summed E-state index contributed by atoms with van der Waals surface area (Å²) in [7, 11) is 0. The maximum absolute atomic E-state index is 11.8. The maximum atomic E-state index is 11.8. The van der Waals surface area contributed by atoms with Crippen LogP contribution in [-0.4, -0.2) is 32.3 Å². The van der Waals surface area contributed by atoms with Gasteiger partial charge in [0, 0.05) is 37.8 Å². The lowest BCUT2D eigenvalue weighted by molar-refractivity contribution is -0.116. The molecule has 1 fully saturated rings. The van der Waals surface area contributed by atoms with Crippen LogP contribution >= 0.6 is 0 Å². The Bertz CT molecular complexity index is 445. The van der Waals surface area contributed by atoms with E-state index < -0.39 is 0 Å². The Labute approximate surface area is 125 Å². The first kappa shape index (κ1) is 15.9. The van der Waals surface area contributed by atoms with Gasteiger partial charge in [-0.2, -0.15) is 0 Å². The molecule has 1 heterocycles. The van der Waals surface area contributed by atoms with Gasteiger partial charge in [-0.1, -0.05) is 12.1 Å². The fraction of sp³-hybridized carbons (Fsp3) is 0.562. The highest BCUT2D eigenvalue weighted by Gasteiger charge is 2.15. The van der Waals surface area contributed by atoms with E-state index >= 15 is 0 Å². The highest BCUT2D eigenvalue weighted by Crippen LogP contribution is 2.13. The molecule has 1 aromatic carbocycles. The van der Waals surface area contributed by atoms with Crippen LogP contribution < -0.4 is 11.1 Å². The number of ether oxygens (including phenoxy) is 2. The summed E-state index contributed by atoms with van der Waals surface area (Å²) in [6, 6.07) is 7.60. The van der Waals surface area contributed by atoms with Crippen molar-refractivity contribution in [3.8, 4) is 0 Å². The molecule has 0 aromatic heterocycles. The van der Waals surface area contributed by atoms with Gasteiger partial charge in [-0.15, -0.1) is 0 Å². The van der Waals surface area contributed by atoms with Gasteiger partial charge >= 0.3 is 0 Å². The van der Waals surface area contributed by atoms with E-state index in [1.54, 1.807) is 0 Å². The quantitative estimate of drug-likeness (QED) is 0.718. The van der Waals surface area contributed by atoms with Gasteiger partial charge in [-0.3, -0.25) is 4.79 Å². The Kier molecular flexibility index (Phi) is 6.66. The van der Waals surface area contributed by atoms with Crippen LogP contribution in [0.25, 0.3) is 0 Å². The number of carbonyl (C=O) groups excluding carboxylic acids is 1. The van der Waals surface area contributed by atoms with E-state index in [0.717, 1.165) is 43.9 Å². The molecule has 3 N–H and O–H groups in total. The standard InChI is InChI=1S/C16H24N2O3/c17-10-13-3-1-4-15(9-13)18-16(19)5-2-7-20-11-14-6-8-21-12-14/h1,3-4,9,14H,2,5-8,10-12,17H2,(H,18,19). The zero-order valence-electron chi connectivity index (χ0n) is 12.3. The van der Waals surface area contributed by atoms with Gasteiger partial charge in [0.2, 0.25) is 5.91 Å². The minimum absolute atomic E-state index is 0.0111. The molecule has 0 radical (unpaired) electrons. The number of nitrogens with two attached hydrogens (primary N) is 1. The molecule has 1 atom stereocenters. The second-order valence-electron chi connectivity index (χ2n) is 5.36. The average molecular weight is 292 g/mol. The van der Waals surface area contributed by atoms with Crippen molar-refractivity contribution < 1.29 is 14.3 Å². The second kappa shape index (κ2) is 8.77. The van der Waals surface area contributed by atoms with Crippen molar-refractivity contribution in [2.45, 2.75) is 25.8 Å². The Balaban J connectivity index is 1.58. The molecule has 1 saturated heterocycles. The molecule has 2 rings (SSSR count). The van der Waals surface area contributed by atoms with Crippen LogP contribution in [-0.2, 0) is 20.8 Å². The van der Waals surface area contributed by atoms with Crippen LogP contribution in [0.2, 0.25) is 0 Å². The average Bonchev–Trinajstić information content (AvgIpc) is 3.00. The molecule has 0 aliphatic carbocycles. The van der Waals surface area contributed by atoms with Crippen LogP contribution in [0.4, 0.5) is 5.69 Å². The molecular formula is C16H24N2O3. The minimum atomic E-state index is 0.0111. The number of benzene rings is 1. The first-order valence-corrected chi connectivity index (χ1v) is 7.52. The smallest absolute Gasteiger partial charge is 0.224 e. The molecule has 5 nitrogen and oxygen atoms in total. The lowest BCUT2D eigenvalue weighted by atomic mass is 10.1. The molecule has 1 aliphatic rings. The molecule has 1 aliphatic heterocycles. The molecular weight excluding hydrogens is 268 g/mol. The van der Waals surface area contributed by atoms with E-state index in [2.05, 4.69) is 5.32 Å². The third-order valence-corrected chi connectivity index (χ3v) is 3.52. The summed E-state index contributed by atoms with van der Waals surface area (Å²) in [5, 5.41) is 2.88. The van der Waals surface area contributed by atoms with E-state index in [0.29, 0.717) is 25.5 Å². The van der Waals surface area contributed by atoms with E-state index in [1.165, 1.54) is 0 Å². The lowest BCUT2D eigenvalue weighted by Gasteiger charge is -2.09. The predicted molar refractivity (Wildman–Crippen MR) is 81.9 cm³/mol. The number of rotatable bonds is 8. The largest absolute Gasteiger partial charge is 0.381 e. The molecule has 1 amide bonds. The van der Waals surface area contributed by atoms with Gasteiger partial charge in [0.05, 0.1) is 13.2 Å². The maximum Gasteiger partial charge on any atom is 0.224 e. The van der Waals surface area contributed by atoms with Gasteiger partial charge in [-0.05, 0) is 30.5 Å². The Morgan fingerprint density at radius 2 is 2.38 bits per heavy atom. The topological polar surface area (TPSA) is 73.6 Å². The predicted octanol–water partition coefficient (Wildman–Crippen LogP) is 1.92. The number of nitrogens with one attached hydrogen (secondary N) is 1. The van der Waals surface area contributed by atoms with Gasteiger partial charge in [-0.25, -0.2) is 0 Å². The molecule has 1 aromatic rings. The molecule has 116 valence electrons. The van der Waals surface area contributed by atoms with Crippen molar-refractivity contribution in [3.63, 3.8) is 0 Å². The fourth-order valence-corrected chi connectivity index (χ4v) is 2.30. The van der Waals surface area contributed by atoms with Gasteiger partial charge < -0.3 is 20.5 Å². The van der Waals surface area contributed by atoms with E-state index in [-0.39, 0.29) is 5.91 Å². The van der Waals surface area contributed by atoms with Crippen LogP contribution in [0.15, 0.2) is 24.3 Å². The van der Waals surface area contributed by atoms with Crippen molar-refractivity contribution in [1.29, 1.82) is 0 Å². The van der Waals surface area contributed by atoms with Crippen LogP contribution in [0.3, 0.4) is 0 Å². The highest BCUT2D eigenvalue weighted by atomic mass is 16.5. The van der Waals surface area contributed by atoms with Crippen LogP contribution in [0.5, 0.6) is 0 Å². The zero-order chi connectivity index (χ0) is 14.9. The fourth-order valence-electron chi connectivity index (χ4n) is 2.30. The van der Waals surface area contributed by atoms with E-state index in [4.69, 9.17) is 15.2 Å². The number of hydrogen-bond donors (Lipinski definition) is 2. The summed E-state index contributed by atoms with van der Waals surface area (Å²) < 4.78 is 10.9.